The third-order valence-electron chi connectivity index (χ3n) is 8.65. The molecule has 1 fully saturated rings. The van der Waals surface area contributed by atoms with E-state index in [0.29, 0.717) is 10.6 Å². The van der Waals surface area contributed by atoms with Crippen LogP contribution in [0.3, 0.4) is 0 Å². The van der Waals surface area contributed by atoms with Crippen LogP contribution in [-0.2, 0) is 9.59 Å². The van der Waals surface area contributed by atoms with Gasteiger partial charge in [0, 0.05) is 35.4 Å². The molecule has 0 radical (unpaired) electrons. The Hall–Kier alpha value is -3.66. The number of nitrogens with zero attached hydrogens (tertiary/aromatic N) is 1. The Bertz CT molecular complexity index is 1320. The number of rotatable bonds is 9. The van der Waals surface area contributed by atoms with Crippen LogP contribution in [0, 0.1) is 22.2 Å². The highest BCUT2D eigenvalue weighted by Gasteiger charge is 2.67. The summed E-state index contributed by atoms with van der Waals surface area (Å²) < 4.78 is 0. The molecule has 1 aliphatic heterocycles. The number of hydrogen-bond donors (Lipinski definition) is 3. The number of carboxylic acid groups (broad SMARTS) is 2. The van der Waals surface area contributed by atoms with Crippen molar-refractivity contribution < 1.29 is 19.8 Å². The molecular weight excluding hydrogens is 512 g/mol. The summed E-state index contributed by atoms with van der Waals surface area (Å²) in [6, 6.07) is 27.2. The molecule has 1 heterocycles. The second-order valence-corrected chi connectivity index (χ2v) is 11.0. The molecule has 1 saturated heterocycles. The molecule has 5 atom stereocenters. The fourth-order valence-electron chi connectivity index (χ4n) is 6.78. The number of piperidine rings is 1. The van der Waals surface area contributed by atoms with E-state index in [2.05, 4.69) is 11.4 Å². The molecule has 0 amide bonds. The number of carbonyl (C=O) groups is 2. The molecule has 0 aromatic heterocycles. The van der Waals surface area contributed by atoms with Gasteiger partial charge in [0.1, 0.15) is 0 Å². The average molecular weight is 545 g/mol. The molecule has 1 aliphatic rings. The lowest BCUT2D eigenvalue weighted by Crippen LogP contribution is -2.69. The maximum Gasteiger partial charge on any atom is 0.311 e. The summed E-state index contributed by atoms with van der Waals surface area (Å²) in [6.45, 7) is 3.60. The third-order valence-corrected chi connectivity index (χ3v) is 8.89. The minimum absolute atomic E-state index is 0.00668. The van der Waals surface area contributed by atoms with Crippen molar-refractivity contribution in [2.75, 3.05) is 0 Å². The van der Waals surface area contributed by atoms with E-state index in [1.165, 1.54) is 0 Å². The summed E-state index contributed by atoms with van der Waals surface area (Å²) in [7, 11) is 0. The van der Waals surface area contributed by atoms with Gasteiger partial charge >= 0.3 is 11.9 Å². The second-order valence-electron chi connectivity index (χ2n) is 10.5. The lowest BCUT2D eigenvalue weighted by molar-refractivity contribution is -0.174. The van der Waals surface area contributed by atoms with Gasteiger partial charge in [-0.2, -0.15) is 5.26 Å². The van der Waals surface area contributed by atoms with Crippen LogP contribution < -0.4 is 5.32 Å². The van der Waals surface area contributed by atoms with E-state index >= 15 is 0 Å². The minimum atomic E-state index is -1.58. The molecule has 0 aliphatic carbocycles. The highest BCUT2D eigenvalue weighted by Crippen LogP contribution is 2.60. The highest BCUT2D eigenvalue weighted by atomic mass is 35.5. The zero-order valence-electron chi connectivity index (χ0n) is 22.0. The summed E-state index contributed by atoms with van der Waals surface area (Å²) in [4.78, 5) is 27.0. The average Bonchev–Trinajstić information content (AvgIpc) is 2.92. The summed E-state index contributed by atoms with van der Waals surface area (Å²) in [6.07, 6.45) is 0.101. The molecule has 3 aromatic carbocycles. The Morgan fingerprint density at radius 2 is 1.44 bits per heavy atom. The number of hydrogen-bond acceptors (Lipinski definition) is 4. The Balaban J connectivity index is 2.04. The molecule has 0 bridgehead atoms. The largest absolute Gasteiger partial charge is 0.481 e. The van der Waals surface area contributed by atoms with E-state index in [-0.39, 0.29) is 25.2 Å². The van der Waals surface area contributed by atoms with Crippen molar-refractivity contribution in [2.24, 2.45) is 10.8 Å². The van der Waals surface area contributed by atoms with Gasteiger partial charge in [-0.25, -0.2) is 0 Å². The molecule has 7 heteroatoms. The molecule has 5 unspecified atom stereocenters. The Labute approximate surface area is 234 Å². The first-order valence-corrected chi connectivity index (χ1v) is 13.5. The van der Waals surface area contributed by atoms with Crippen LogP contribution in [0.1, 0.15) is 61.6 Å². The quantitative estimate of drug-likeness (QED) is 0.284. The van der Waals surface area contributed by atoms with Crippen molar-refractivity contribution in [1.82, 2.24) is 5.32 Å². The van der Waals surface area contributed by atoms with Crippen LogP contribution in [0.4, 0.5) is 0 Å². The van der Waals surface area contributed by atoms with Crippen LogP contribution in [-0.4, -0.2) is 34.2 Å². The van der Waals surface area contributed by atoms with Gasteiger partial charge < -0.3 is 15.5 Å². The Morgan fingerprint density at radius 1 is 0.897 bits per heavy atom. The highest BCUT2D eigenvalue weighted by molar-refractivity contribution is 6.30. The summed E-state index contributed by atoms with van der Waals surface area (Å²) in [5.74, 6) is -3.52. The van der Waals surface area contributed by atoms with Crippen LogP contribution in [0.15, 0.2) is 84.9 Å². The second kappa shape index (κ2) is 11.6. The maximum atomic E-state index is 13.7. The van der Waals surface area contributed by atoms with Crippen molar-refractivity contribution in [3.05, 3.63) is 107 Å². The molecule has 0 spiro atoms. The van der Waals surface area contributed by atoms with Crippen molar-refractivity contribution in [2.45, 2.75) is 57.0 Å². The van der Waals surface area contributed by atoms with E-state index in [1.807, 2.05) is 67.6 Å². The summed E-state index contributed by atoms with van der Waals surface area (Å²) in [5.41, 5.74) is -0.717. The first-order valence-electron chi connectivity index (χ1n) is 13.1. The lowest BCUT2D eigenvalue weighted by atomic mass is 9.48. The number of aliphatic carboxylic acids is 2. The first-order chi connectivity index (χ1) is 18.7. The molecule has 202 valence electrons. The summed E-state index contributed by atoms with van der Waals surface area (Å²) >= 11 is 6.42. The Morgan fingerprint density at radius 3 is 1.92 bits per heavy atom. The standard InChI is InChI=1S/C32H33ClN2O4/c1-21-31(29(36)37,17-10-18-34)28(25-15-9-16-26(33)19-25)32(30(38)39,22(2)35-21)20-27(23-11-5-3-6-12-23)24-13-7-4-8-14-24/h3-9,11-16,19,21-22,27-28,35H,10,17,20H2,1-2H3,(H,36,37)(H,38,39). The van der Waals surface area contributed by atoms with Crippen molar-refractivity contribution >= 4 is 23.5 Å². The van der Waals surface area contributed by atoms with Gasteiger partial charge in [-0.05, 0) is 55.5 Å². The Kier molecular flexibility index (Phi) is 8.44. The van der Waals surface area contributed by atoms with E-state index in [9.17, 15) is 25.1 Å². The first kappa shape index (κ1) is 28.4. The van der Waals surface area contributed by atoms with Gasteiger partial charge in [0.15, 0.2) is 0 Å². The molecule has 6 nitrogen and oxygen atoms in total. The molecule has 3 aromatic rings. The third kappa shape index (κ3) is 5.05. The number of benzene rings is 3. The smallest absolute Gasteiger partial charge is 0.311 e. The van der Waals surface area contributed by atoms with E-state index in [1.54, 1.807) is 31.2 Å². The van der Waals surface area contributed by atoms with E-state index < -0.39 is 40.8 Å². The molecular formula is C32H33ClN2O4. The number of nitriles is 1. The van der Waals surface area contributed by atoms with Crippen molar-refractivity contribution in [3.8, 4) is 6.07 Å². The SMILES string of the molecule is CC1NC(C)C(CC(c2ccccc2)c2ccccc2)(C(=O)O)C(c2cccc(Cl)c2)C1(CCC#N)C(=O)O. The molecule has 4 rings (SSSR count). The predicted octanol–water partition coefficient (Wildman–Crippen LogP) is 6.47. The van der Waals surface area contributed by atoms with E-state index in [0.717, 1.165) is 11.1 Å². The van der Waals surface area contributed by atoms with Crippen molar-refractivity contribution in [3.63, 3.8) is 0 Å². The van der Waals surface area contributed by atoms with Crippen molar-refractivity contribution in [1.29, 1.82) is 5.26 Å². The van der Waals surface area contributed by atoms with Crippen LogP contribution >= 0.6 is 11.6 Å². The van der Waals surface area contributed by atoms with Gasteiger partial charge in [-0.3, -0.25) is 9.59 Å². The van der Waals surface area contributed by atoms with Gasteiger partial charge in [0.25, 0.3) is 0 Å². The zero-order valence-corrected chi connectivity index (χ0v) is 22.8. The normalized spacial score (nSPS) is 26.6. The number of nitrogens with one attached hydrogen (secondary N) is 1. The monoisotopic (exact) mass is 544 g/mol. The predicted molar refractivity (Wildman–Crippen MR) is 151 cm³/mol. The lowest BCUT2D eigenvalue weighted by Gasteiger charge is -2.58. The summed E-state index contributed by atoms with van der Waals surface area (Å²) in [5, 5.41) is 35.3. The number of carboxylic acids is 2. The van der Waals surface area contributed by atoms with Crippen LogP contribution in [0.5, 0.6) is 0 Å². The zero-order chi connectivity index (χ0) is 28.2. The number of halogens is 1. The fraction of sp³-hybridized carbons (Fsp3) is 0.344. The van der Waals surface area contributed by atoms with Gasteiger partial charge in [0.2, 0.25) is 0 Å². The van der Waals surface area contributed by atoms with Gasteiger partial charge in [0.05, 0.1) is 16.9 Å². The molecule has 0 saturated carbocycles. The van der Waals surface area contributed by atoms with Gasteiger partial charge in [-0.1, -0.05) is 84.4 Å². The maximum absolute atomic E-state index is 13.7. The molecule has 39 heavy (non-hydrogen) atoms. The minimum Gasteiger partial charge on any atom is -0.481 e. The van der Waals surface area contributed by atoms with E-state index in [4.69, 9.17) is 11.6 Å². The van der Waals surface area contributed by atoms with Crippen LogP contribution in [0.2, 0.25) is 5.02 Å². The molecule has 3 N–H and O–H groups in total. The topological polar surface area (TPSA) is 110 Å². The van der Waals surface area contributed by atoms with Gasteiger partial charge in [-0.15, -0.1) is 0 Å². The van der Waals surface area contributed by atoms with Crippen LogP contribution in [0.25, 0.3) is 0 Å². The fourth-order valence-corrected chi connectivity index (χ4v) is 6.98.